The highest BCUT2D eigenvalue weighted by atomic mass is 32.2. The van der Waals surface area contributed by atoms with E-state index in [1.807, 2.05) is 0 Å². The Morgan fingerprint density at radius 2 is 2.19 bits per heavy atom. The summed E-state index contributed by atoms with van der Waals surface area (Å²) in [5.74, 6) is 0.382. The lowest BCUT2D eigenvalue weighted by atomic mass is 10.1. The van der Waals surface area contributed by atoms with E-state index in [0.29, 0.717) is 29.2 Å². The Morgan fingerprint density at radius 3 is 2.81 bits per heavy atom. The van der Waals surface area contributed by atoms with Crippen molar-refractivity contribution >= 4 is 27.5 Å². The molecule has 1 heterocycles. The Morgan fingerprint density at radius 1 is 1.48 bits per heavy atom. The van der Waals surface area contributed by atoms with E-state index in [1.54, 1.807) is 13.8 Å². The van der Waals surface area contributed by atoms with Gasteiger partial charge in [-0.2, -0.15) is 11.8 Å². The van der Waals surface area contributed by atoms with Crippen LogP contribution >= 0.6 is 11.8 Å². The van der Waals surface area contributed by atoms with Crippen LogP contribution in [0.5, 0.6) is 0 Å². The zero-order chi connectivity index (χ0) is 15.6. The number of hydrogen-bond acceptors (Lipinski definition) is 4. The Hall–Kier alpha value is -1.08. The van der Waals surface area contributed by atoms with Crippen LogP contribution in [0.2, 0.25) is 0 Å². The molecule has 0 radical (unpaired) electrons. The van der Waals surface area contributed by atoms with Gasteiger partial charge < -0.3 is 4.90 Å². The Bertz CT molecular complexity index is 646. The van der Waals surface area contributed by atoms with E-state index >= 15 is 0 Å². The quantitative estimate of drug-likeness (QED) is 0.851. The molecule has 1 atom stereocenters. The average molecular weight is 331 g/mol. The number of halogens is 1. The van der Waals surface area contributed by atoms with Gasteiger partial charge in [0.05, 0.1) is 0 Å². The van der Waals surface area contributed by atoms with Crippen molar-refractivity contribution in [2.75, 3.05) is 23.8 Å². The van der Waals surface area contributed by atoms with Crippen molar-refractivity contribution in [1.29, 1.82) is 0 Å². The van der Waals surface area contributed by atoms with Crippen molar-refractivity contribution in [2.45, 2.75) is 19.2 Å². The van der Waals surface area contributed by atoms with Gasteiger partial charge in [-0.15, -0.1) is 0 Å². The lowest BCUT2D eigenvalue weighted by molar-refractivity contribution is 0.0749. The van der Waals surface area contributed by atoms with Crippen molar-refractivity contribution in [1.82, 2.24) is 4.90 Å². The molecule has 2 rings (SSSR count). The predicted molar refractivity (Wildman–Crippen MR) is 82.7 cm³/mol. The van der Waals surface area contributed by atoms with E-state index < -0.39 is 15.2 Å². The van der Waals surface area contributed by atoms with Crippen LogP contribution in [-0.2, 0) is 9.84 Å². The molecule has 0 spiro atoms. The van der Waals surface area contributed by atoms with Gasteiger partial charge in [0.1, 0.15) is 11.2 Å². The number of carbonyl (C=O) groups excluding carboxylic acids is 1. The molecular weight excluding hydrogens is 313 g/mol. The molecule has 0 bridgehead atoms. The lowest BCUT2D eigenvalue weighted by Crippen LogP contribution is -2.50. The van der Waals surface area contributed by atoms with E-state index in [9.17, 15) is 17.6 Å². The van der Waals surface area contributed by atoms with E-state index in [2.05, 4.69) is 0 Å². The van der Waals surface area contributed by atoms with Crippen LogP contribution < -0.4 is 0 Å². The molecule has 21 heavy (non-hydrogen) atoms. The second-order valence-electron chi connectivity index (χ2n) is 4.94. The van der Waals surface area contributed by atoms with Crippen LogP contribution in [0.4, 0.5) is 4.39 Å². The van der Waals surface area contributed by atoms with Crippen LogP contribution in [0, 0.1) is 12.7 Å². The van der Waals surface area contributed by atoms with Gasteiger partial charge in [-0.1, -0.05) is 6.92 Å². The summed E-state index contributed by atoms with van der Waals surface area (Å²) in [5.41, 5.74) is 0.708. The average Bonchev–Trinajstić information content (AvgIpc) is 2.49. The van der Waals surface area contributed by atoms with Crippen LogP contribution in [0.15, 0.2) is 18.2 Å². The van der Waals surface area contributed by atoms with Gasteiger partial charge in [-0.05, 0) is 30.7 Å². The fourth-order valence-electron chi connectivity index (χ4n) is 2.25. The molecular formula is C14H18FNO3S2. The molecule has 1 fully saturated rings. The number of amides is 1. The van der Waals surface area contributed by atoms with Crippen molar-refractivity contribution in [3.05, 3.63) is 35.1 Å². The summed E-state index contributed by atoms with van der Waals surface area (Å²) in [6.45, 7) is 3.56. The number of rotatable bonds is 3. The minimum Gasteiger partial charge on any atom is -0.320 e. The maximum atomic E-state index is 13.3. The largest absolute Gasteiger partial charge is 0.320 e. The third-order valence-corrected chi connectivity index (χ3v) is 6.86. The number of benzene rings is 1. The van der Waals surface area contributed by atoms with E-state index in [4.69, 9.17) is 0 Å². The van der Waals surface area contributed by atoms with E-state index in [0.717, 1.165) is 0 Å². The summed E-state index contributed by atoms with van der Waals surface area (Å²) < 4.78 is 37.6. The zero-order valence-corrected chi connectivity index (χ0v) is 13.6. The summed E-state index contributed by atoms with van der Waals surface area (Å²) >= 11 is 1.53. The van der Waals surface area contributed by atoms with E-state index in [1.165, 1.54) is 34.9 Å². The van der Waals surface area contributed by atoms with Crippen molar-refractivity contribution < 1.29 is 17.6 Å². The SMILES string of the molecule is CCS(=O)(=O)C1CSCCN1C(=O)c1ccc(F)c(C)c1. The van der Waals surface area contributed by atoms with Crippen molar-refractivity contribution in [2.24, 2.45) is 0 Å². The van der Waals surface area contributed by atoms with Gasteiger partial charge in [0.25, 0.3) is 5.91 Å². The van der Waals surface area contributed by atoms with Gasteiger partial charge in [-0.25, -0.2) is 12.8 Å². The number of aryl methyl sites for hydroxylation is 1. The first-order valence-corrected chi connectivity index (χ1v) is 9.60. The highest BCUT2D eigenvalue weighted by molar-refractivity contribution is 8.01. The molecule has 4 nitrogen and oxygen atoms in total. The highest BCUT2D eigenvalue weighted by Crippen LogP contribution is 2.24. The number of hydrogen-bond donors (Lipinski definition) is 0. The lowest BCUT2D eigenvalue weighted by Gasteiger charge is -2.34. The summed E-state index contributed by atoms with van der Waals surface area (Å²) in [5, 5.41) is -0.792. The number of carbonyl (C=O) groups is 1. The normalized spacial score (nSPS) is 19.6. The van der Waals surface area contributed by atoms with Gasteiger partial charge >= 0.3 is 0 Å². The zero-order valence-electron chi connectivity index (χ0n) is 12.0. The molecule has 0 aliphatic carbocycles. The van der Waals surface area contributed by atoms with Crippen LogP contribution in [0.1, 0.15) is 22.8 Å². The molecule has 1 amide bonds. The van der Waals surface area contributed by atoms with E-state index in [-0.39, 0.29) is 17.5 Å². The molecule has 1 aliphatic heterocycles. The predicted octanol–water partition coefficient (Wildman–Crippen LogP) is 2.08. The molecule has 0 N–H and O–H groups in total. The van der Waals surface area contributed by atoms with Gasteiger partial charge in [0, 0.05) is 29.4 Å². The second kappa shape index (κ2) is 6.36. The maximum Gasteiger partial charge on any atom is 0.254 e. The minimum absolute atomic E-state index is 0.00442. The standard InChI is InChI=1S/C14H18FNO3S2/c1-3-21(18,19)13-9-20-7-6-16(13)14(17)11-4-5-12(15)10(2)8-11/h4-5,8,13H,3,6-7,9H2,1-2H3. The summed E-state index contributed by atoms with van der Waals surface area (Å²) in [4.78, 5) is 14.0. The van der Waals surface area contributed by atoms with Crippen LogP contribution in [0.25, 0.3) is 0 Å². The maximum absolute atomic E-state index is 13.3. The first-order chi connectivity index (χ1) is 9.86. The van der Waals surface area contributed by atoms with Crippen LogP contribution in [0.3, 0.4) is 0 Å². The molecule has 0 aromatic heterocycles. The smallest absolute Gasteiger partial charge is 0.254 e. The number of nitrogens with zero attached hydrogens (tertiary/aromatic N) is 1. The molecule has 7 heteroatoms. The molecule has 1 aromatic rings. The first-order valence-electron chi connectivity index (χ1n) is 6.73. The Labute approximate surface area is 128 Å². The molecule has 116 valence electrons. The molecule has 0 saturated carbocycles. The van der Waals surface area contributed by atoms with Crippen LogP contribution in [-0.4, -0.2) is 48.4 Å². The molecule has 1 aromatic carbocycles. The fraction of sp³-hybridized carbons (Fsp3) is 0.500. The third kappa shape index (κ3) is 3.40. The van der Waals surface area contributed by atoms with Gasteiger partial charge in [0.15, 0.2) is 9.84 Å². The van der Waals surface area contributed by atoms with Gasteiger partial charge in [-0.3, -0.25) is 4.79 Å². The Kier molecular flexibility index (Phi) is 4.93. The molecule has 1 saturated heterocycles. The summed E-state index contributed by atoms with van der Waals surface area (Å²) in [7, 11) is -3.33. The molecule has 1 aliphatic rings. The van der Waals surface area contributed by atoms with Gasteiger partial charge in [0.2, 0.25) is 0 Å². The third-order valence-electron chi connectivity index (χ3n) is 3.57. The number of thioether (sulfide) groups is 1. The monoisotopic (exact) mass is 331 g/mol. The minimum atomic E-state index is -3.33. The molecule has 1 unspecified atom stereocenters. The summed E-state index contributed by atoms with van der Waals surface area (Å²) in [6, 6.07) is 4.11. The fourth-order valence-corrected chi connectivity index (χ4v) is 5.21. The topological polar surface area (TPSA) is 54.5 Å². The Balaban J connectivity index is 2.33. The summed E-state index contributed by atoms with van der Waals surface area (Å²) in [6.07, 6.45) is 0. The number of sulfone groups is 1. The van der Waals surface area contributed by atoms with Crippen molar-refractivity contribution in [3.63, 3.8) is 0 Å². The van der Waals surface area contributed by atoms with Crippen molar-refractivity contribution in [3.8, 4) is 0 Å². The second-order valence-corrected chi connectivity index (χ2v) is 8.54. The first kappa shape index (κ1) is 16.3. The highest BCUT2D eigenvalue weighted by Gasteiger charge is 2.36.